The summed E-state index contributed by atoms with van der Waals surface area (Å²) >= 11 is 5.95. The van der Waals surface area contributed by atoms with E-state index in [-0.39, 0.29) is 29.7 Å². The van der Waals surface area contributed by atoms with E-state index in [9.17, 15) is 9.59 Å². The molecule has 7 heteroatoms. The Morgan fingerprint density at radius 3 is 2.41 bits per heavy atom. The van der Waals surface area contributed by atoms with Crippen LogP contribution >= 0.6 is 11.6 Å². The Kier molecular flexibility index (Phi) is 6.22. The highest BCUT2D eigenvalue weighted by Crippen LogP contribution is 2.10. The van der Waals surface area contributed by atoms with Crippen LogP contribution in [0.2, 0.25) is 5.02 Å². The molecular weight excluding hydrogens is 366 g/mol. The number of pyridine rings is 1. The monoisotopic (exact) mass is 383 g/mol. The summed E-state index contributed by atoms with van der Waals surface area (Å²) in [5.74, 6) is -0.0732. The van der Waals surface area contributed by atoms with Gasteiger partial charge in [0.1, 0.15) is 17.1 Å². The van der Waals surface area contributed by atoms with Crippen LogP contribution in [0.15, 0.2) is 65.3 Å². The molecule has 6 nitrogen and oxygen atoms in total. The molecule has 0 atom stereocenters. The lowest BCUT2D eigenvalue weighted by molar-refractivity contribution is 0.0940. The van der Waals surface area contributed by atoms with Crippen molar-refractivity contribution in [1.29, 1.82) is 0 Å². The van der Waals surface area contributed by atoms with Crippen molar-refractivity contribution in [1.82, 2.24) is 15.6 Å². The highest BCUT2D eigenvalue weighted by molar-refractivity contribution is 6.30. The molecule has 138 valence electrons. The molecule has 0 unspecified atom stereocenters. The minimum atomic E-state index is -0.375. The summed E-state index contributed by atoms with van der Waals surface area (Å²) in [7, 11) is 0. The van der Waals surface area contributed by atoms with Crippen LogP contribution in [0, 0.1) is 0 Å². The maximum Gasteiger partial charge on any atom is 0.270 e. The second kappa shape index (κ2) is 9.00. The van der Waals surface area contributed by atoms with E-state index in [1.54, 1.807) is 36.4 Å². The smallest absolute Gasteiger partial charge is 0.270 e. The standard InChI is InChI=1S/C20H18ClN3O3/c21-15-5-1-4-14(12-15)9-10-22-19(25)17-7-2-8-18(24-17)20(26)23-13-16-6-3-11-27-16/h1-8,11-12H,9-10,13H2,(H,22,25)(H,23,26). The van der Waals surface area contributed by atoms with E-state index in [1.165, 1.54) is 6.26 Å². The van der Waals surface area contributed by atoms with Crippen LogP contribution in [-0.2, 0) is 13.0 Å². The molecule has 2 N–H and O–H groups in total. The van der Waals surface area contributed by atoms with Gasteiger partial charge in [-0.25, -0.2) is 4.98 Å². The first kappa shape index (κ1) is 18.7. The second-order valence-electron chi connectivity index (χ2n) is 5.81. The van der Waals surface area contributed by atoms with Crippen molar-refractivity contribution in [3.05, 3.63) is 88.6 Å². The molecule has 2 amide bonds. The highest BCUT2D eigenvalue weighted by atomic mass is 35.5. The fourth-order valence-corrected chi connectivity index (χ4v) is 2.68. The molecule has 3 rings (SSSR count). The van der Waals surface area contributed by atoms with Gasteiger partial charge in [-0.2, -0.15) is 0 Å². The van der Waals surface area contributed by atoms with Gasteiger partial charge in [0.15, 0.2) is 0 Å². The lowest BCUT2D eigenvalue weighted by Gasteiger charge is -2.07. The molecule has 2 aromatic heterocycles. The largest absolute Gasteiger partial charge is 0.467 e. The predicted molar refractivity (Wildman–Crippen MR) is 102 cm³/mol. The molecule has 0 saturated heterocycles. The first-order valence-electron chi connectivity index (χ1n) is 8.42. The van der Waals surface area contributed by atoms with Gasteiger partial charge < -0.3 is 15.1 Å². The van der Waals surface area contributed by atoms with Gasteiger partial charge in [0, 0.05) is 11.6 Å². The molecule has 0 aliphatic carbocycles. The Morgan fingerprint density at radius 2 is 1.70 bits per heavy atom. The fraction of sp³-hybridized carbons (Fsp3) is 0.150. The van der Waals surface area contributed by atoms with E-state index >= 15 is 0 Å². The van der Waals surface area contributed by atoms with Gasteiger partial charge in [-0.1, -0.05) is 29.8 Å². The van der Waals surface area contributed by atoms with Crippen molar-refractivity contribution >= 4 is 23.4 Å². The van der Waals surface area contributed by atoms with E-state index in [2.05, 4.69) is 15.6 Å². The lowest BCUT2D eigenvalue weighted by atomic mass is 10.1. The Labute approximate surface area is 161 Å². The molecule has 0 fully saturated rings. The fourth-order valence-electron chi connectivity index (χ4n) is 2.46. The van der Waals surface area contributed by atoms with Crippen LogP contribution < -0.4 is 10.6 Å². The average molecular weight is 384 g/mol. The zero-order valence-corrected chi connectivity index (χ0v) is 15.2. The normalized spacial score (nSPS) is 10.4. The molecule has 0 radical (unpaired) electrons. The minimum absolute atomic E-state index is 0.170. The molecule has 0 saturated carbocycles. The summed E-state index contributed by atoms with van der Waals surface area (Å²) in [5.41, 5.74) is 1.39. The van der Waals surface area contributed by atoms with Gasteiger partial charge in [0.2, 0.25) is 0 Å². The Morgan fingerprint density at radius 1 is 0.963 bits per heavy atom. The van der Waals surface area contributed by atoms with Gasteiger partial charge in [-0.3, -0.25) is 9.59 Å². The molecule has 1 aromatic carbocycles. The van der Waals surface area contributed by atoms with Crippen LogP contribution in [-0.4, -0.2) is 23.3 Å². The van der Waals surface area contributed by atoms with Crippen LogP contribution in [0.25, 0.3) is 0 Å². The number of carbonyl (C=O) groups is 2. The van der Waals surface area contributed by atoms with Crippen LogP contribution in [0.1, 0.15) is 32.3 Å². The maximum atomic E-state index is 12.3. The molecule has 0 spiro atoms. The lowest BCUT2D eigenvalue weighted by Crippen LogP contribution is -2.28. The van der Waals surface area contributed by atoms with Crippen LogP contribution in [0.5, 0.6) is 0 Å². The molecule has 0 aliphatic rings. The summed E-state index contributed by atoms with van der Waals surface area (Å²) in [5, 5.41) is 6.16. The van der Waals surface area contributed by atoms with Crippen molar-refractivity contribution in [3.63, 3.8) is 0 Å². The third-order valence-electron chi connectivity index (χ3n) is 3.81. The van der Waals surface area contributed by atoms with Crippen molar-refractivity contribution in [2.45, 2.75) is 13.0 Å². The number of hydrogen-bond acceptors (Lipinski definition) is 4. The summed E-state index contributed by atoms with van der Waals surface area (Å²) < 4.78 is 5.16. The highest BCUT2D eigenvalue weighted by Gasteiger charge is 2.12. The summed E-state index contributed by atoms with van der Waals surface area (Å²) in [6.07, 6.45) is 2.18. The Hall–Kier alpha value is -3.12. The number of rotatable bonds is 7. The molecular formula is C20H18ClN3O3. The summed E-state index contributed by atoms with van der Waals surface area (Å²) in [4.78, 5) is 28.6. The van der Waals surface area contributed by atoms with Crippen LogP contribution in [0.4, 0.5) is 0 Å². The number of nitrogens with one attached hydrogen (secondary N) is 2. The number of aromatic nitrogens is 1. The van der Waals surface area contributed by atoms with Crippen molar-refractivity contribution in [2.75, 3.05) is 6.54 Å². The maximum absolute atomic E-state index is 12.3. The molecule has 0 bridgehead atoms. The van der Waals surface area contributed by atoms with Crippen molar-refractivity contribution in [2.24, 2.45) is 0 Å². The number of carbonyl (C=O) groups excluding carboxylic acids is 2. The third-order valence-corrected chi connectivity index (χ3v) is 4.04. The number of amides is 2. The molecule has 3 aromatic rings. The van der Waals surface area contributed by atoms with Crippen molar-refractivity contribution < 1.29 is 14.0 Å². The first-order valence-corrected chi connectivity index (χ1v) is 8.80. The van der Waals surface area contributed by atoms with Gasteiger partial charge in [0.25, 0.3) is 11.8 Å². The molecule has 2 heterocycles. The number of halogens is 1. The number of nitrogens with zero attached hydrogens (tertiary/aromatic N) is 1. The number of hydrogen-bond donors (Lipinski definition) is 2. The SMILES string of the molecule is O=C(NCCc1cccc(Cl)c1)c1cccc(C(=O)NCc2ccco2)n1. The minimum Gasteiger partial charge on any atom is -0.467 e. The van der Waals surface area contributed by atoms with E-state index in [0.717, 1.165) is 5.56 Å². The Balaban J connectivity index is 1.54. The zero-order chi connectivity index (χ0) is 19.1. The van der Waals surface area contributed by atoms with Gasteiger partial charge in [-0.05, 0) is 48.4 Å². The van der Waals surface area contributed by atoms with E-state index in [1.807, 2.05) is 18.2 Å². The van der Waals surface area contributed by atoms with Gasteiger partial charge in [-0.15, -0.1) is 0 Å². The van der Waals surface area contributed by atoms with Gasteiger partial charge >= 0.3 is 0 Å². The van der Waals surface area contributed by atoms with Crippen LogP contribution in [0.3, 0.4) is 0 Å². The zero-order valence-electron chi connectivity index (χ0n) is 14.4. The second-order valence-corrected chi connectivity index (χ2v) is 6.24. The van der Waals surface area contributed by atoms with E-state index < -0.39 is 0 Å². The van der Waals surface area contributed by atoms with E-state index in [4.69, 9.17) is 16.0 Å². The average Bonchev–Trinajstić information content (AvgIpc) is 3.20. The number of benzene rings is 1. The predicted octanol–water partition coefficient (Wildman–Crippen LogP) is 3.23. The molecule has 27 heavy (non-hydrogen) atoms. The summed E-state index contributed by atoms with van der Waals surface area (Å²) in [6, 6.07) is 15.7. The van der Waals surface area contributed by atoms with Crippen molar-refractivity contribution in [3.8, 4) is 0 Å². The topological polar surface area (TPSA) is 84.2 Å². The van der Waals surface area contributed by atoms with E-state index in [0.29, 0.717) is 23.7 Å². The first-order chi connectivity index (χ1) is 13.1. The quantitative estimate of drug-likeness (QED) is 0.656. The Bertz CT molecular complexity index is 926. The third kappa shape index (κ3) is 5.43. The van der Waals surface area contributed by atoms with Gasteiger partial charge in [0.05, 0.1) is 12.8 Å². The summed E-state index contributed by atoms with van der Waals surface area (Å²) in [6.45, 7) is 0.694. The molecule has 0 aliphatic heterocycles. The number of furan rings is 1.